The fraction of sp³-hybridized carbons (Fsp3) is 0.143. The maximum absolute atomic E-state index is 12.7. The van der Waals surface area contributed by atoms with Gasteiger partial charge in [-0.1, -0.05) is 29.3 Å². The molecule has 29 heavy (non-hydrogen) atoms. The van der Waals surface area contributed by atoms with Gasteiger partial charge in [0.1, 0.15) is 5.76 Å². The summed E-state index contributed by atoms with van der Waals surface area (Å²) >= 11 is 14.0. The van der Waals surface area contributed by atoms with Gasteiger partial charge in [-0.2, -0.15) is 0 Å². The van der Waals surface area contributed by atoms with E-state index >= 15 is 0 Å². The van der Waals surface area contributed by atoms with Crippen LogP contribution >= 0.6 is 35.0 Å². The molecule has 4 rings (SSSR count). The Hall–Kier alpha value is -2.41. The molecule has 0 fully saturated rings. The van der Waals surface area contributed by atoms with E-state index in [1.165, 1.54) is 11.8 Å². The van der Waals surface area contributed by atoms with Gasteiger partial charge in [0.2, 0.25) is 5.91 Å². The first-order valence-electron chi connectivity index (χ1n) is 8.83. The molecule has 0 radical (unpaired) electrons. The highest BCUT2D eigenvalue weighted by Crippen LogP contribution is 2.38. The first-order chi connectivity index (χ1) is 14.0. The lowest BCUT2D eigenvalue weighted by Crippen LogP contribution is -2.35. The Labute approximate surface area is 182 Å². The molecule has 0 bridgehead atoms. The van der Waals surface area contributed by atoms with Crippen LogP contribution in [0.2, 0.25) is 10.0 Å². The number of hydrogen-bond acceptors (Lipinski definition) is 4. The van der Waals surface area contributed by atoms with Crippen molar-refractivity contribution in [2.45, 2.75) is 18.0 Å². The molecule has 2 amide bonds. The number of anilines is 1. The van der Waals surface area contributed by atoms with Crippen molar-refractivity contribution < 1.29 is 14.0 Å². The average Bonchev–Trinajstić information content (AvgIpc) is 3.23. The van der Waals surface area contributed by atoms with E-state index in [0.717, 1.165) is 4.90 Å². The lowest BCUT2D eigenvalue weighted by Gasteiger charge is -2.30. The fourth-order valence-electron chi connectivity index (χ4n) is 3.04. The highest BCUT2D eigenvalue weighted by molar-refractivity contribution is 8.00. The molecular weight excluding hydrogens is 431 g/mol. The number of carbonyl (C=O) groups excluding carboxylic acids is 2. The van der Waals surface area contributed by atoms with Gasteiger partial charge in [0.25, 0.3) is 5.91 Å². The first kappa shape index (κ1) is 19.9. The number of nitrogens with one attached hydrogen (secondary N) is 1. The Kier molecular flexibility index (Phi) is 5.85. The number of furan rings is 1. The number of halogens is 2. The second-order valence-electron chi connectivity index (χ2n) is 6.41. The summed E-state index contributed by atoms with van der Waals surface area (Å²) in [6.45, 7) is 0.526. The van der Waals surface area contributed by atoms with E-state index < -0.39 is 0 Å². The Morgan fingerprint density at radius 2 is 1.93 bits per heavy atom. The summed E-state index contributed by atoms with van der Waals surface area (Å²) in [4.78, 5) is 27.8. The van der Waals surface area contributed by atoms with E-state index in [4.69, 9.17) is 27.6 Å². The van der Waals surface area contributed by atoms with Crippen LogP contribution in [0.15, 0.2) is 64.1 Å². The molecule has 1 aliphatic heterocycles. The van der Waals surface area contributed by atoms with E-state index in [2.05, 4.69) is 5.32 Å². The first-order valence-corrected chi connectivity index (χ1v) is 10.6. The Bertz CT molecular complexity index is 1050. The van der Waals surface area contributed by atoms with Crippen molar-refractivity contribution in [2.24, 2.45) is 0 Å². The minimum atomic E-state index is -0.247. The molecule has 3 aromatic rings. The lowest BCUT2D eigenvalue weighted by molar-refractivity contribution is -0.116. The largest absolute Gasteiger partial charge is 0.467 e. The molecule has 0 saturated heterocycles. The van der Waals surface area contributed by atoms with Gasteiger partial charge in [0.05, 0.1) is 30.8 Å². The maximum atomic E-state index is 12.7. The zero-order valence-corrected chi connectivity index (χ0v) is 17.5. The molecule has 0 aliphatic carbocycles. The molecule has 0 atom stereocenters. The minimum absolute atomic E-state index is 0.0633. The van der Waals surface area contributed by atoms with Crippen LogP contribution in [0.4, 0.5) is 5.69 Å². The second-order valence-corrected chi connectivity index (χ2v) is 8.24. The molecule has 0 spiro atoms. The number of nitrogens with zero attached hydrogens (tertiary/aromatic N) is 1. The predicted octanol–water partition coefficient (Wildman–Crippen LogP) is 5.16. The van der Waals surface area contributed by atoms with E-state index in [-0.39, 0.29) is 24.9 Å². The molecule has 148 valence electrons. The maximum Gasteiger partial charge on any atom is 0.251 e. The lowest BCUT2D eigenvalue weighted by atomic mass is 10.1. The molecule has 1 N–H and O–H groups in total. The van der Waals surface area contributed by atoms with Crippen molar-refractivity contribution in [1.29, 1.82) is 0 Å². The van der Waals surface area contributed by atoms with Crippen molar-refractivity contribution in [3.63, 3.8) is 0 Å². The van der Waals surface area contributed by atoms with E-state index in [0.29, 0.717) is 38.4 Å². The van der Waals surface area contributed by atoms with E-state index in [1.807, 2.05) is 6.07 Å². The van der Waals surface area contributed by atoms with Crippen LogP contribution in [0.5, 0.6) is 0 Å². The molecule has 1 aliphatic rings. The van der Waals surface area contributed by atoms with Crippen molar-refractivity contribution in [3.05, 3.63) is 81.7 Å². The van der Waals surface area contributed by atoms with Crippen LogP contribution < -0.4 is 10.2 Å². The summed E-state index contributed by atoms with van der Waals surface area (Å²) in [7, 11) is 0. The van der Waals surface area contributed by atoms with Crippen molar-refractivity contribution in [1.82, 2.24) is 5.32 Å². The molecule has 1 aromatic heterocycles. The van der Waals surface area contributed by atoms with Gasteiger partial charge in [-0.05, 0) is 42.5 Å². The van der Waals surface area contributed by atoms with Gasteiger partial charge >= 0.3 is 0 Å². The number of fused-ring (bicyclic) bond motifs is 1. The van der Waals surface area contributed by atoms with Gasteiger partial charge < -0.3 is 14.6 Å². The van der Waals surface area contributed by atoms with E-state index in [9.17, 15) is 9.59 Å². The number of carbonyl (C=O) groups is 2. The monoisotopic (exact) mass is 446 g/mol. The van der Waals surface area contributed by atoms with Crippen molar-refractivity contribution >= 4 is 52.5 Å². The second kappa shape index (κ2) is 8.53. The Balaban J connectivity index is 1.60. The third-order valence-corrected chi connectivity index (χ3v) is 6.30. The topological polar surface area (TPSA) is 62.6 Å². The third-order valence-electron chi connectivity index (χ3n) is 4.55. The zero-order valence-electron chi connectivity index (χ0n) is 15.2. The SMILES string of the molecule is O=C(NCc1ccco1)c1ccc2c(c1)N(Cc1c(Cl)cccc1Cl)C(=O)CS2. The standard InChI is InChI=1S/C21H16Cl2N2O3S/c22-16-4-1-5-17(23)15(16)11-25-18-9-13(6-7-19(18)29-12-20(25)26)21(27)24-10-14-3-2-8-28-14/h1-9H,10-12H2,(H,24,27). The molecule has 5 nitrogen and oxygen atoms in total. The summed E-state index contributed by atoms with van der Waals surface area (Å²) in [5.41, 5.74) is 1.81. The van der Waals surface area contributed by atoms with Crippen LogP contribution in [0.25, 0.3) is 0 Å². The molecule has 2 heterocycles. The quantitative estimate of drug-likeness (QED) is 0.587. The molecule has 2 aromatic carbocycles. The van der Waals surface area contributed by atoms with Crippen LogP contribution in [0, 0.1) is 0 Å². The predicted molar refractivity (Wildman–Crippen MR) is 115 cm³/mol. The highest BCUT2D eigenvalue weighted by Gasteiger charge is 2.27. The smallest absolute Gasteiger partial charge is 0.251 e. The summed E-state index contributed by atoms with van der Waals surface area (Å²) < 4.78 is 5.23. The summed E-state index contributed by atoms with van der Waals surface area (Å²) in [6, 6.07) is 14.1. The van der Waals surface area contributed by atoms with Crippen LogP contribution in [0.3, 0.4) is 0 Å². The van der Waals surface area contributed by atoms with E-state index in [1.54, 1.807) is 53.6 Å². The Morgan fingerprint density at radius 3 is 2.66 bits per heavy atom. The number of benzene rings is 2. The van der Waals surface area contributed by atoms with Gasteiger partial charge in [-0.15, -0.1) is 11.8 Å². The van der Waals surface area contributed by atoms with Crippen LogP contribution in [-0.4, -0.2) is 17.6 Å². The van der Waals surface area contributed by atoms with Crippen molar-refractivity contribution in [2.75, 3.05) is 10.7 Å². The van der Waals surface area contributed by atoms with Gasteiger partial charge in [0, 0.05) is 26.1 Å². The molecular formula is C21H16Cl2N2O3S. The normalized spacial score (nSPS) is 13.3. The Morgan fingerprint density at radius 1 is 1.14 bits per heavy atom. The molecule has 0 unspecified atom stereocenters. The number of hydrogen-bond donors (Lipinski definition) is 1. The van der Waals surface area contributed by atoms with Crippen LogP contribution in [0.1, 0.15) is 21.7 Å². The van der Waals surface area contributed by atoms with Gasteiger partial charge in [-0.3, -0.25) is 9.59 Å². The highest BCUT2D eigenvalue weighted by atomic mass is 35.5. The number of rotatable bonds is 5. The van der Waals surface area contributed by atoms with Gasteiger partial charge in [-0.25, -0.2) is 0 Å². The fourth-order valence-corrected chi connectivity index (χ4v) is 4.47. The summed E-state index contributed by atoms with van der Waals surface area (Å²) in [5, 5.41) is 3.81. The molecule has 0 saturated carbocycles. The summed E-state index contributed by atoms with van der Waals surface area (Å²) in [5.74, 6) is 0.672. The average molecular weight is 447 g/mol. The number of amides is 2. The molecule has 8 heteroatoms. The van der Waals surface area contributed by atoms with Crippen molar-refractivity contribution in [3.8, 4) is 0 Å². The number of thioether (sulfide) groups is 1. The third kappa shape index (κ3) is 4.29. The van der Waals surface area contributed by atoms with Crippen LogP contribution in [-0.2, 0) is 17.9 Å². The van der Waals surface area contributed by atoms with Gasteiger partial charge in [0.15, 0.2) is 0 Å². The minimum Gasteiger partial charge on any atom is -0.467 e. The zero-order chi connectivity index (χ0) is 20.4. The summed E-state index contributed by atoms with van der Waals surface area (Å²) in [6.07, 6.45) is 1.56.